The second-order valence-corrected chi connectivity index (χ2v) is 5.77. The molecule has 2 aromatic rings. The molecule has 3 amide bonds. The largest absolute Gasteiger partial charge is 0.326 e. The lowest BCUT2D eigenvalue weighted by molar-refractivity contribution is 0.0959. The van der Waals surface area contributed by atoms with E-state index in [-0.39, 0.29) is 10.7 Å². The summed E-state index contributed by atoms with van der Waals surface area (Å²) in [4.78, 5) is 23.6. The summed E-state index contributed by atoms with van der Waals surface area (Å²) < 4.78 is 27.7. The van der Waals surface area contributed by atoms with Gasteiger partial charge in [0.1, 0.15) is 17.2 Å². The molecule has 0 fully saturated rings. The molecule has 23 heavy (non-hydrogen) atoms. The van der Waals surface area contributed by atoms with Crippen LogP contribution in [0.25, 0.3) is 0 Å². The Morgan fingerprint density at radius 2 is 1.74 bits per heavy atom. The quantitative estimate of drug-likeness (QED) is 0.767. The molecular formula is C15H10BrClF2N2O2. The van der Waals surface area contributed by atoms with E-state index < -0.39 is 29.1 Å². The predicted octanol–water partition coefficient (Wildman–Crippen LogP) is 4.65. The molecular weight excluding hydrogens is 394 g/mol. The van der Waals surface area contributed by atoms with Crippen LogP contribution in [0, 0.1) is 18.6 Å². The first-order valence-electron chi connectivity index (χ1n) is 6.32. The highest BCUT2D eigenvalue weighted by Gasteiger charge is 2.19. The van der Waals surface area contributed by atoms with E-state index in [1.807, 2.05) is 5.32 Å². The van der Waals surface area contributed by atoms with Crippen molar-refractivity contribution in [1.82, 2.24) is 5.32 Å². The van der Waals surface area contributed by atoms with Crippen molar-refractivity contribution in [2.75, 3.05) is 5.32 Å². The molecule has 0 aliphatic carbocycles. The average Bonchev–Trinajstić information content (AvgIpc) is 2.47. The van der Waals surface area contributed by atoms with Crippen LogP contribution in [0.1, 0.15) is 15.9 Å². The van der Waals surface area contributed by atoms with E-state index in [1.165, 1.54) is 6.07 Å². The third kappa shape index (κ3) is 3.86. The van der Waals surface area contributed by atoms with Gasteiger partial charge in [-0.25, -0.2) is 13.6 Å². The minimum absolute atomic E-state index is 0.256. The zero-order valence-electron chi connectivity index (χ0n) is 11.7. The number of hydrogen-bond acceptors (Lipinski definition) is 2. The maximum atomic E-state index is 13.5. The van der Waals surface area contributed by atoms with Crippen LogP contribution in [0.15, 0.2) is 34.8 Å². The lowest BCUT2D eigenvalue weighted by Gasteiger charge is -2.11. The summed E-state index contributed by atoms with van der Waals surface area (Å²) in [6.45, 7) is 1.73. The fraction of sp³-hybridized carbons (Fsp3) is 0.0667. The molecule has 0 bridgehead atoms. The lowest BCUT2D eigenvalue weighted by atomic mass is 10.2. The normalized spacial score (nSPS) is 10.3. The molecule has 0 saturated heterocycles. The Labute approximate surface area is 144 Å². The van der Waals surface area contributed by atoms with Gasteiger partial charge in [-0.3, -0.25) is 10.1 Å². The van der Waals surface area contributed by atoms with Crippen molar-refractivity contribution in [2.24, 2.45) is 0 Å². The van der Waals surface area contributed by atoms with Crippen molar-refractivity contribution in [3.8, 4) is 0 Å². The van der Waals surface area contributed by atoms with Gasteiger partial charge in [0.05, 0.1) is 10.7 Å². The molecule has 0 saturated carbocycles. The molecule has 0 aromatic heterocycles. The van der Waals surface area contributed by atoms with Gasteiger partial charge in [-0.1, -0.05) is 33.6 Å². The van der Waals surface area contributed by atoms with Crippen molar-refractivity contribution in [1.29, 1.82) is 0 Å². The van der Waals surface area contributed by atoms with Gasteiger partial charge in [0.2, 0.25) is 0 Å². The number of halogens is 4. The highest BCUT2D eigenvalue weighted by atomic mass is 79.9. The van der Waals surface area contributed by atoms with Gasteiger partial charge < -0.3 is 5.32 Å². The minimum atomic E-state index is -1.19. The van der Waals surface area contributed by atoms with E-state index in [0.717, 1.165) is 22.7 Å². The van der Waals surface area contributed by atoms with Gasteiger partial charge >= 0.3 is 6.03 Å². The second-order valence-electron chi connectivity index (χ2n) is 4.54. The third-order valence-electron chi connectivity index (χ3n) is 2.99. The van der Waals surface area contributed by atoms with Gasteiger partial charge in [0, 0.05) is 4.47 Å². The molecule has 0 aliphatic heterocycles. The van der Waals surface area contributed by atoms with E-state index in [2.05, 4.69) is 21.2 Å². The lowest BCUT2D eigenvalue weighted by Crippen LogP contribution is -2.35. The van der Waals surface area contributed by atoms with Crippen LogP contribution in [-0.4, -0.2) is 11.9 Å². The number of carbonyl (C=O) groups is 2. The van der Waals surface area contributed by atoms with E-state index in [1.54, 1.807) is 13.0 Å². The minimum Gasteiger partial charge on any atom is -0.306 e. The van der Waals surface area contributed by atoms with Crippen LogP contribution < -0.4 is 10.6 Å². The van der Waals surface area contributed by atoms with Crippen LogP contribution in [0.5, 0.6) is 0 Å². The molecule has 2 aromatic carbocycles. The van der Waals surface area contributed by atoms with Gasteiger partial charge in [0.25, 0.3) is 5.91 Å². The van der Waals surface area contributed by atoms with Crippen LogP contribution in [0.4, 0.5) is 19.3 Å². The van der Waals surface area contributed by atoms with Crippen molar-refractivity contribution in [3.05, 3.63) is 62.6 Å². The summed E-state index contributed by atoms with van der Waals surface area (Å²) in [6, 6.07) is 5.19. The van der Waals surface area contributed by atoms with Crippen molar-refractivity contribution in [3.63, 3.8) is 0 Å². The molecule has 120 valence electrons. The standard InChI is InChI=1S/C15H10BrClF2N2O2/c1-7-8(16)5-6-11(13(7)17)20-15(23)21-14(22)12-9(18)3-2-4-10(12)19/h2-6H,1H3,(H2,20,21,22,23). The maximum Gasteiger partial charge on any atom is 0.326 e. The van der Waals surface area contributed by atoms with E-state index >= 15 is 0 Å². The summed E-state index contributed by atoms with van der Waals surface area (Å²) in [7, 11) is 0. The summed E-state index contributed by atoms with van der Waals surface area (Å²) in [5.74, 6) is -3.32. The van der Waals surface area contributed by atoms with E-state index in [4.69, 9.17) is 11.6 Å². The first kappa shape index (κ1) is 17.4. The highest BCUT2D eigenvalue weighted by molar-refractivity contribution is 9.10. The van der Waals surface area contributed by atoms with Crippen molar-refractivity contribution < 1.29 is 18.4 Å². The Balaban J connectivity index is 2.14. The molecule has 2 rings (SSSR count). The second kappa shape index (κ2) is 7.06. The zero-order chi connectivity index (χ0) is 17.1. The number of amides is 3. The van der Waals surface area contributed by atoms with Crippen LogP contribution >= 0.6 is 27.5 Å². The molecule has 4 nitrogen and oxygen atoms in total. The van der Waals surface area contributed by atoms with E-state index in [0.29, 0.717) is 5.56 Å². The average molecular weight is 404 g/mol. The molecule has 0 radical (unpaired) electrons. The summed E-state index contributed by atoms with van der Waals surface area (Å²) >= 11 is 9.35. The first-order valence-corrected chi connectivity index (χ1v) is 7.49. The monoisotopic (exact) mass is 402 g/mol. The van der Waals surface area contributed by atoms with Gasteiger partial charge in [-0.05, 0) is 36.8 Å². The van der Waals surface area contributed by atoms with Gasteiger partial charge in [-0.15, -0.1) is 0 Å². The molecule has 0 aliphatic rings. The fourth-order valence-corrected chi connectivity index (χ4v) is 2.45. The fourth-order valence-electron chi connectivity index (χ4n) is 1.79. The number of rotatable bonds is 2. The molecule has 0 atom stereocenters. The molecule has 0 spiro atoms. The highest BCUT2D eigenvalue weighted by Crippen LogP contribution is 2.31. The number of urea groups is 1. The number of imide groups is 1. The van der Waals surface area contributed by atoms with E-state index in [9.17, 15) is 18.4 Å². The van der Waals surface area contributed by atoms with Crippen LogP contribution in [0.3, 0.4) is 0 Å². The number of hydrogen-bond donors (Lipinski definition) is 2. The van der Waals surface area contributed by atoms with Gasteiger partial charge in [-0.2, -0.15) is 0 Å². The number of benzene rings is 2. The predicted molar refractivity (Wildman–Crippen MR) is 86.7 cm³/mol. The zero-order valence-corrected chi connectivity index (χ0v) is 14.1. The molecule has 2 N–H and O–H groups in total. The Hall–Kier alpha value is -1.99. The number of anilines is 1. The maximum absolute atomic E-state index is 13.5. The molecule has 0 unspecified atom stereocenters. The van der Waals surface area contributed by atoms with Crippen LogP contribution in [0.2, 0.25) is 5.02 Å². The Morgan fingerprint density at radius 1 is 1.13 bits per heavy atom. The molecule has 0 heterocycles. The Kier molecular flexibility index (Phi) is 5.33. The smallest absolute Gasteiger partial charge is 0.306 e. The van der Waals surface area contributed by atoms with Gasteiger partial charge in [0.15, 0.2) is 0 Å². The van der Waals surface area contributed by atoms with Crippen molar-refractivity contribution in [2.45, 2.75) is 6.92 Å². The number of carbonyl (C=O) groups excluding carboxylic acids is 2. The topological polar surface area (TPSA) is 58.2 Å². The first-order chi connectivity index (χ1) is 10.8. The summed E-state index contributed by atoms with van der Waals surface area (Å²) in [5.41, 5.74) is 0.114. The summed E-state index contributed by atoms with van der Waals surface area (Å²) in [6.07, 6.45) is 0. The number of nitrogens with one attached hydrogen (secondary N) is 2. The van der Waals surface area contributed by atoms with Crippen LogP contribution in [-0.2, 0) is 0 Å². The Bertz CT molecular complexity index is 779. The Morgan fingerprint density at radius 3 is 2.35 bits per heavy atom. The molecule has 8 heteroatoms. The SMILES string of the molecule is Cc1c(Br)ccc(NC(=O)NC(=O)c2c(F)cccc2F)c1Cl. The van der Waals surface area contributed by atoms with Crippen molar-refractivity contribution >= 4 is 45.2 Å². The third-order valence-corrected chi connectivity index (χ3v) is 4.33. The summed E-state index contributed by atoms with van der Waals surface area (Å²) in [5, 5.41) is 4.47.